The fourth-order valence-corrected chi connectivity index (χ4v) is 5.24. The molecule has 6 heteroatoms. The normalized spacial score (nSPS) is 16.2. The van der Waals surface area contributed by atoms with Crippen LogP contribution in [0.2, 0.25) is 0 Å². The van der Waals surface area contributed by atoms with Crippen LogP contribution in [0.4, 0.5) is 5.69 Å². The molecule has 0 bridgehead atoms. The molecule has 3 aromatic rings. The molecular weight excluding hydrogens is 372 g/mol. The van der Waals surface area contributed by atoms with Crippen molar-refractivity contribution in [2.45, 2.75) is 25.9 Å². The maximum Gasteiger partial charge on any atom is 0.251 e. The van der Waals surface area contributed by atoms with Crippen LogP contribution in [0.15, 0.2) is 60.7 Å². The molecule has 28 heavy (non-hydrogen) atoms. The molecule has 0 radical (unpaired) electrons. The lowest BCUT2D eigenvalue weighted by atomic mass is 10.0. The summed E-state index contributed by atoms with van der Waals surface area (Å²) in [5, 5.41) is 5.24. The van der Waals surface area contributed by atoms with E-state index in [1.807, 2.05) is 37.3 Å². The Balaban J connectivity index is 1.54. The molecule has 1 heterocycles. The van der Waals surface area contributed by atoms with Crippen molar-refractivity contribution in [2.24, 2.45) is 0 Å². The van der Waals surface area contributed by atoms with Crippen LogP contribution in [-0.2, 0) is 23.0 Å². The third-order valence-corrected chi connectivity index (χ3v) is 6.44. The Morgan fingerprint density at radius 1 is 1.11 bits per heavy atom. The number of benzene rings is 3. The first kappa shape index (κ1) is 18.5. The van der Waals surface area contributed by atoms with Gasteiger partial charge in [-0.05, 0) is 53.4 Å². The molecule has 0 saturated heterocycles. The first-order chi connectivity index (χ1) is 13.3. The van der Waals surface area contributed by atoms with Gasteiger partial charge in [0.25, 0.3) is 5.91 Å². The highest BCUT2D eigenvalue weighted by molar-refractivity contribution is 7.92. The molecule has 1 amide bonds. The van der Waals surface area contributed by atoms with Crippen molar-refractivity contribution in [2.75, 3.05) is 10.6 Å². The number of anilines is 1. The second-order valence-electron chi connectivity index (χ2n) is 7.28. The van der Waals surface area contributed by atoms with Gasteiger partial charge in [0.15, 0.2) is 0 Å². The highest BCUT2D eigenvalue weighted by Gasteiger charge is 2.32. The highest BCUT2D eigenvalue weighted by atomic mass is 32.2. The van der Waals surface area contributed by atoms with Crippen LogP contribution in [0.5, 0.6) is 0 Å². The maximum absolute atomic E-state index is 12.7. The summed E-state index contributed by atoms with van der Waals surface area (Å²) in [5.41, 5.74) is 3.15. The number of fused-ring (bicyclic) bond motifs is 2. The molecular formula is C22H22N2O3S. The van der Waals surface area contributed by atoms with Gasteiger partial charge in [0.1, 0.15) is 0 Å². The second-order valence-corrected chi connectivity index (χ2v) is 9.14. The zero-order valence-corrected chi connectivity index (χ0v) is 16.7. The fraction of sp³-hybridized carbons (Fsp3) is 0.227. The van der Waals surface area contributed by atoms with E-state index in [1.54, 1.807) is 18.2 Å². The zero-order chi connectivity index (χ0) is 19.9. The summed E-state index contributed by atoms with van der Waals surface area (Å²) < 4.78 is 25.5. The topological polar surface area (TPSA) is 66.5 Å². The molecule has 1 unspecified atom stereocenters. The third-order valence-electron chi connectivity index (χ3n) is 5.17. The lowest BCUT2D eigenvalue weighted by Gasteiger charge is -2.21. The maximum atomic E-state index is 12.7. The number of carbonyl (C=O) groups excluding carboxylic acids is 1. The molecule has 0 aromatic heterocycles. The number of amides is 1. The molecule has 1 atom stereocenters. The summed E-state index contributed by atoms with van der Waals surface area (Å²) in [6, 6.07) is 19.2. The summed E-state index contributed by atoms with van der Waals surface area (Å²) in [6.45, 7) is 2.31. The Morgan fingerprint density at radius 3 is 2.64 bits per heavy atom. The molecule has 1 aliphatic rings. The molecule has 1 N–H and O–H groups in total. The summed E-state index contributed by atoms with van der Waals surface area (Å²) >= 11 is 0. The summed E-state index contributed by atoms with van der Waals surface area (Å²) in [6.07, 6.45) is 1.82. The van der Waals surface area contributed by atoms with Crippen molar-refractivity contribution >= 4 is 32.4 Å². The molecule has 0 fully saturated rings. The largest absolute Gasteiger partial charge is 0.348 e. The van der Waals surface area contributed by atoms with Gasteiger partial charge in [-0.15, -0.1) is 0 Å². The zero-order valence-electron chi connectivity index (χ0n) is 15.8. The van der Waals surface area contributed by atoms with Crippen LogP contribution in [0.3, 0.4) is 0 Å². The Hall–Kier alpha value is -2.86. The van der Waals surface area contributed by atoms with E-state index in [2.05, 4.69) is 17.4 Å². The average molecular weight is 394 g/mol. The molecule has 0 aliphatic carbocycles. The first-order valence-electron chi connectivity index (χ1n) is 9.22. The van der Waals surface area contributed by atoms with E-state index in [4.69, 9.17) is 0 Å². The number of rotatable bonds is 4. The molecule has 4 rings (SSSR count). The fourth-order valence-electron chi connectivity index (χ4n) is 3.97. The molecule has 5 nitrogen and oxygen atoms in total. The van der Waals surface area contributed by atoms with E-state index >= 15 is 0 Å². The predicted molar refractivity (Wildman–Crippen MR) is 112 cm³/mol. The van der Waals surface area contributed by atoms with Crippen LogP contribution in [0.25, 0.3) is 10.8 Å². The molecule has 0 saturated carbocycles. The Bertz CT molecular complexity index is 1170. The van der Waals surface area contributed by atoms with Crippen LogP contribution in [0, 0.1) is 0 Å². The van der Waals surface area contributed by atoms with Gasteiger partial charge in [-0.2, -0.15) is 0 Å². The van der Waals surface area contributed by atoms with Crippen LogP contribution < -0.4 is 9.62 Å². The van der Waals surface area contributed by atoms with Crippen LogP contribution in [0.1, 0.15) is 28.4 Å². The SMILES string of the molecule is CC1Cc2cc(C(=O)NCc3cccc4ccccc34)ccc2N1S(C)(=O)=O. The number of nitrogens with zero attached hydrogens (tertiary/aromatic N) is 1. The Morgan fingerprint density at radius 2 is 1.86 bits per heavy atom. The number of hydrogen-bond donors (Lipinski definition) is 1. The lowest BCUT2D eigenvalue weighted by Crippen LogP contribution is -2.34. The van der Waals surface area contributed by atoms with Gasteiger partial charge < -0.3 is 5.32 Å². The van der Waals surface area contributed by atoms with E-state index in [0.717, 1.165) is 21.9 Å². The monoisotopic (exact) mass is 394 g/mol. The third kappa shape index (κ3) is 3.36. The predicted octanol–water partition coefficient (Wildman–Crippen LogP) is 3.48. The van der Waals surface area contributed by atoms with Gasteiger partial charge in [0.05, 0.1) is 11.9 Å². The van der Waals surface area contributed by atoms with Gasteiger partial charge >= 0.3 is 0 Å². The first-order valence-corrected chi connectivity index (χ1v) is 11.1. The Kier molecular flexibility index (Phi) is 4.59. The van der Waals surface area contributed by atoms with Crippen molar-refractivity contribution in [1.82, 2.24) is 5.32 Å². The molecule has 144 valence electrons. The molecule has 0 spiro atoms. The van der Waals surface area contributed by atoms with Gasteiger partial charge in [0.2, 0.25) is 10.0 Å². The summed E-state index contributed by atoms with van der Waals surface area (Å²) in [5.74, 6) is -0.166. The van der Waals surface area contributed by atoms with Crippen LogP contribution in [-0.4, -0.2) is 26.6 Å². The minimum atomic E-state index is -3.33. The lowest BCUT2D eigenvalue weighted by molar-refractivity contribution is 0.0951. The van der Waals surface area contributed by atoms with Gasteiger partial charge in [0, 0.05) is 18.2 Å². The quantitative estimate of drug-likeness (QED) is 0.737. The van der Waals surface area contributed by atoms with Crippen molar-refractivity contribution in [3.05, 3.63) is 77.4 Å². The van der Waals surface area contributed by atoms with E-state index in [0.29, 0.717) is 24.2 Å². The number of hydrogen-bond acceptors (Lipinski definition) is 3. The van der Waals surface area contributed by atoms with Crippen molar-refractivity contribution < 1.29 is 13.2 Å². The summed E-state index contributed by atoms with van der Waals surface area (Å²) in [7, 11) is -3.33. The highest BCUT2D eigenvalue weighted by Crippen LogP contribution is 2.34. The second kappa shape index (κ2) is 6.95. The van der Waals surface area contributed by atoms with Gasteiger partial charge in [-0.1, -0.05) is 42.5 Å². The number of nitrogens with one attached hydrogen (secondary N) is 1. The van der Waals surface area contributed by atoms with Crippen LogP contribution >= 0.6 is 0 Å². The van der Waals surface area contributed by atoms with Crippen molar-refractivity contribution in [3.8, 4) is 0 Å². The smallest absolute Gasteiger partial charge is 0.251 e. The van der Waals surface area contributed by atoms with Gasteiger partial charge in [-0.25, -0.2) is 8.42 Å². The minimum Gasteiger partial charge on any atom is -0.348 e. The van der Waals surface area contributed by atoms with E-state index in [-0.39, 0.29) is 11.9 Å². The minimum absolute atomic E-state index is 0.140. The van der Waals surface area contributed by atoms with Gasteiger partial charge in [-0.3, -0.25) is 9.10 Å². The van der Waals surface area contributed by atoms with Crippen molar-refractivity contribution in [3.63, 3.8) is 0 Å². The standard InChI is InChI=1S/C22H22N2O3S/c1-15-12-19-13-17(10-11-21(19)24(15)28(2,26)27)22(25)23-14-18-8-5-7-16-6-3-4-9-20(16)18/h3-11,13,15H,12,14H2,1-2H3,(H,23,25). The molecule has 1 aliphatic heterocycles. The van der Waals surface area contributed by atoms with E-state index in [1.165, 1.54) is 10.6 Å². The number of carbonyl (C=O) groups is 1. The van der Waals surface area contributed by atoms with E-state index in [9.17, 15) is 13.2 Å². The Labute approximate surface area is 165 Å². The van der Waals surface area contributed by atoms with Crippen molar-refractivity contribution in [1.29, 1.82) is 0 Å². The average Bonchev–Trinajstić information content (AvgIpc) is 3.01. The molecule has 3 aromatic carbocycles. The summed E-state index contributed by atoms with van der Waals surface area (Å²) in [4.78, 5) is 12.7. The number of sulfonamides is 1. The van der Waals surface area contributed by atoms with E-state index < -0.39 is 10.0 Å².